The van der Waals surface area contributed by atoms with Crippen LogP contribution in [-0.4, -0.2) is 95.1 Å². The van der Waals surface area contributed by atoms with Crippen molar-refractivity contribution in [3.8, 4) is 0 Å². The number of carbonyl (C=O) groups excluding carboxylic acids is 2. The molecule has 2 fully saturated rings. The molecule has 2 rings (SSSR count). The van der Waals surface area contributed by atoms with Gasteiger partial charge in [0.15, 0.2) is 5.60 Å². The van der Waals surface area contributed by atoms with Crippen LogP contribution in [0.3, 0.4) is 0 Å². The smallest absolute Gasteiger partial charge is 0.410 e. The molecule has 31 heavy (non-hydrogen) atoms. The molecule has 2 heterocycles. The lowest BCUT2D eigenvalue weighted by Crippen LogP contribution is -2.50. The summed E-state index contributed by atoms with van der Waals surface area (Å²) in [5.41, 5.74) is -2.64. The number of nitrogens with zero attached hydrogens (tertiary/aromatic N) is 3. The highest BCUT2D eigenvalue weighted by molar-refractivity contribution is 5.78. The SMILES string of the molecule is CN1C[C@H]2[C@@H](N1CCOC(C)(C)C(=O)OC(C)(C)C)C(F)(F)CN2C(=O)OC(C)(C)C. The van der Waals surface area contributed by atoms with Gasteiger partial charge in [-0.2, -0.15) is 0 Å². The van der Waals surface area contributed by atoms with Gasteiger partial charge >= 0.3 is 12.1 Å². The van der Waals surface area contributed by atoms with Crippen molar-refractivity contribution in [3.63, 3.8) is 0 Å². The van der Waals surface area contributed by atoms with Crippen LogP contribution in [0.15, 0.2) is 0 Å². The van der Waals surface area contributed by atoms with Gasteiger partial charge in [0.25, 0.3) is 5.92 Å². The average Bonchev–Trinajstić information content (AvgIpc) is 2.99. The van der Waals surface area contributed by atoms with E-state index in [-0.39, 0.29) is 19.7 Å². The molecule has 0 aromatic rings. The lowest BCUT2D eigenvalue weighted by Gasteiger charge is -2.33. The van der Waals surface area contributed by atoms with E-state index in [0.29, 0.717) is 0 Å². The first-order valence-electron chi connectivity index (χ1n) is 10.6. The van der Waals surface area contributed by atoms with Crippen molar-refractivity contribution in [2.45, 2.75) is 90.2 Å². The number of esters is 1. The molecule has 0 aromatic carbocycles. The first-order valence-corrected chi connectivity index (χ1v) is 10.6. The normalized spacial score (nSPS) is 24.9. The average molecular weight is 450 g/mol. The summed E-state index contributed by atoms with van der Waals surface area (Å²) in [5.74, 6) is -3.62. The number of alkyl halides is 2. The number of hydrazine groups is 1. The molecular weight excluding hydrogens is 412 g/mol. The van der Waals surface area contributed by atoms with E-state index >= 15 is 0 Å². The Morgan fingerprint density at radius 1 is 1.00 bits per heavy atom. The second-order valence-corrected chi connectivity index (χ2v) is 10.7. The Balaban J connectivity index is 2.04. The Labute approximate surface area is 183 Å². The minimum absolute atomic E-state index is 0.0440. The fourth-order valence-electron chi connectivity index (χ4n) is 3.78. The van der Waals surface area contributed by atoms with Gasteiger partial charge in [0.2, 0.25) is 0 Å². The zero-order valence-corrected chi connectivity index (χ0v) is 20.1. The van der Waals surface area contributed by atoms with Gasteiger partial charge in [-0.3, -0.25) is 4.90 Å². The Morgan fingerprint density at radius 2 is 1.55 bits per heavy atom. The predicted molar refractivity (Wildman–Crippen MR) is 111 cm³/mol. The molecule has 1 amide bonds. The third kappa shape index (κ3) is 6.26. The molecule has 0 saturated carbocycles. The van der Waals surface area contributed by atoms with Gasteiger partial charge in [0, 0.05) is 20.1 Å². The van der Waals surface area contributed by atoms with Crippen molar-refractivity contribution in [2.24, 2.45) is 0 Å². The summed E-state index contributed by atoms with van der Waals surface area (Å²) in [7, 11) is 1.70. The highest BCUT2D eigenvalue weighted by Gasteiger charge is 2.63. The minimum Gasteiger partial charge on any atom is -0.458 e. The van der Waals surface area contributed by atoms with Gasteiger partial charge in [-0.15, -0.1) is 0 Å². The Bertz CT molecular complexity index is 687. The van der Waals surface area contributed by atoms with Crippen LogP contribution in [0.2, 0.25) is 0 Å². The topological polar surface area (TPSA) is 71.6 Å². The number of hydrogen-bond acceptors (Lipinski definition) is 7. The third-order valence-corrected chi connectivity index (χ3v) is 5.09. The molecule has 2 saturated heterocycles. The summed E-state index contributed by atoms with van der Waals surface area (Å²) in [6.07, 6.45) is -0.739. The number of carbonyl (C=O) groups is 2. The molecule has 2 aliphatic heterocycles. The quantitative estimate of drug-likeness (QED) is 0.598. The Morgan fingerprint density at radius 3 is 2.06 bits per heavy atom. The summed E-state index contributed by atoms with van der Waals surface area (Å²) in [4.78, 5) is 26.0. The second-order valence-electron chi connectivity index (χ2n) is 10.7. The predicted octanol–water partition coefficient (Wildman–Crippen LogP) is 2.91. The summed E-state index contributed by atoms with van der Waals surface area (Å²) in [6, 6.07) is -1.88. The number of fused-ring (bicyclic) bond motifs is 1. The molecular formula is C21H37F2N3O5. The largest absolute Gasteiger partial charge is 0.458 e. The lowest BCUT2D eigenvalue weighted by atomic mass is 10.1. The molecule has 180 valence electrons. The number of ether oxygens (including phenoxy) is 3. The van der Waals surface area contributed by atoms with E-state index in [0.717, 1.165) is 4.90 Å². The van der Waals surface area contributed by atoms with E-state index in [1.807, 2.05) is 0 Å². The summed E-state index contributed by atoms with van der Waals surface area (Å²) in [6.45, 7) is 13.3. The molecule has 0 aliphatic carbocycles. The van der Waals surface area contributed by atoms with Gasteiger partial charge in [-0.25, -0.2) is 28.4 Å². The zero-order chi connectivity index (χ0) is 24.0. The van der Waals surface area contributed by atoms with Crippen molar-refractivity contribution in [2.75, 3.05) is 33.3 Å². The second kappa shape index (κ2) is 8.44. The highest BCUT2D eigenvalue weighted by atomic mass is 19.3. The number of likely N-dealkylation sites (N-methyl/N-ethyl adjacent to an activating group) is 1. The fraction of sp³-hybridized carbons (Fsp3) is 0.905. The molecule has 0 unspecified atom stereocenters. The van der Waals surface area contributed by atoms with Crippen LogP contribution in [0.1, 0.15) is 55.4 Å². The number of likely N-dealkylation sites (tertiary alicyclic amines) is 1. The Hall–Kier alpha value is -1.52. The maximum absolute atomic E-state index is 14.9. The van der Waals surface area contributed by atoms with E-state index < -0.39 is 53.4 Å². The molecule has 0 N–H and O–H groups in total. The summed E-state index contributed by atoms with van der Waals surface area (Å²) in [5, 5.41) is 3.18. The highest BCUT2D eigenvalue weighted by Crippen LogP contribution is 2.41. The zero-order valence-electron chi connectivity index (χ0n) is 20.1. The van der Waals surface area contributed by atoms with E-state index in [4.69, 9.17) is 14.2 Å². The minimum atomic E-state index is -3.10. The maximum Gasteiger partial charge on any atom is 0.410 e. The molecule has 8 nitrogen and oxygen atoms in total. The number of halogens is 2. The van der Waals surface area contributed by atoms with E-state index in [9.17, 15) is 18.4 Å². The monoisotopic (exact) mass is 449 g/mol. The van der Waals surface area contributed by atoms with Crippen LogP contribution >= 0.6 is 0 Å². The summed E-state index contributed by atoms with van der Waals surface area (Å²) < 4.78 is 46.2. The van der Waals surface area contributed by atoms with Crippen LogP contribution in [0, 0.1) is 0 Å². The van der Waals surface area contributed by atoms with Crippen LogP contribution in [0.25, 0.3) is 0 Å². The van der Waals surface area contributed by atoms with Crippen molar-refractivity contribution in [3.05, 3.63) is 0 Å². The van der Waals surface area contributed by atoms with Crippen LogP contribution in [-0.2, 0) is 19.0 Å². The first-order chi connectivity index (χ1) is 13.8. The molecule has 0 radical (unpaired) electrons. The van der Waals surface area contributed by atoms with Crippen LogP contribution < -0.4 is 0 Å². The van der Waals surface area contributed by atoms with Gasteiger partial charge in [0.1, 0.15) is 17.2 Å². The van der Waals surface area contributed by atoms with Gasteiger partial charge in [-0.1, -0.05) is 0 Å². The molecule has 2 atom stereocenters. The standard InChI is InChI=1S/C21H37F2N3O5/c1-18(2,3)30-16(27)20(7,8)29-11-10-26-15-14(12-24(26)9)25(13-21(15,22)23)17(28)31-19(4,5)6/h14-15H,10-13H2,1-9H3/t14-,15+/m0/s1. The van der Waals surface area contributed by atoms with Gasteiger partial charge < -0.3 is 14.2 Å². The van der Waals surface area contributed by atoms with Crippen molar-refractivity contribution in [1.29, 1.82) is 0 Å². The number of hydrogen-bond donors (Lipinski definition) is 0. The molecule has 0 aromatic heterocycles. The molecule has 10 heteroatoms. The number of rotatable bonds is 5. The van der Waals surface area contributed by atoms with Crippen molar-refractivity contribution < 1.29 is 32.6 Å². The summed E-state index contributed by atoms with van der Waals surface area (Å²) >= 11 is 0. The molecule has 0 spiro atoms. The van der Waals surface area contributed by atoms with E-state index in [2.05, 4.69) is 0 Å². The third-order valence-electron chi connectivity index (χ3n) is 5.09. The van der Waals surface area contributed by atoms with E-state index in [1.165, 1.54) is 5.01 Å². The fourth-order valence-corrected chi connectivity index (χ4v) is 3.78. The number of amides is 1. The first kappa shape index (κ1) is 25.7. The van der Waals surface area contributed by atoms with Crippen molar-refractivity contribution in [1.82, 2.24) is 14.9 Å². The van der Waals surface area contributed by atoms with Crippen molar-refractivity contribution >= 4 is 12.1 Å². The van der Waals surface area contributed by atoms with Gasteiger partial charge in [0.05, 0.1) is 19.2 Å². The molecule has 0 bridgehead atoms. The maximum atomic E-state index is 14.9. The van der Waals surface area contributed by atoms with Gasteiger partial charge in [-0.05, 0) is 55.4 Å². The van der Waals surface area contributed by atoms with Crippen LogP contribution in [0.5, 0.6) is 0 Å². The van der Waals surface area contributed by atoms with E-state index in [1.54, 1.807) is 67.4 Å². The Kier molecular flexibility index (Phi) is 7.01. The lowest BCUT2D eigenvalue weighted by molar-refractivity contribution is -0.182. The molecule has 2 aliphatic rings. The van der Waals surface area contributed by atoms with Crippen LogP contribution in [0.4, 0.5) is 13.6 Å².